The van der Waals surface area contributed by atoms with Crippen LogP contribution in [0.1, 0.15) is 29.6 Å². The smallest absolute Gasteiger partial charge is 0.290 e. The van der Waals surface area contributed by atoms with Gasteiger partial charge >= 0.3 is 0 Å². The summed E-state index contributed by atoms with van der Waals surface area (Å²) in [6, 6.07) is 1.57. The Balaban J connectivity index is 2.58. The maximum absolute atomic E-state index is 11.5. The van der Waals surface area contributed by atoms with Crippen LogP contribution >= 0.6 is 11.6 Å². The molecule has 0 saturated carbocycles. The van der Waals surface area contributed by atoms with Gasteiger partial charge in [-0.2, -0.15) is 0 Å². The van der Waals surface area contributed by atoms with Crippen LogP contribution in [-0.2, 0) is 0 Å². The van der Waals surface area contributed by atoms with Crippen molar-refractivity contribution in [1.29, 1.82) is 0 Å². The number of aryl methyl sites for hydroxylation is 1. The molecule has 1 aromatic rings. The number of rotatable bonds is 4. The summed E-state index contributed by atoms with van der Waals surface area (Å²) in [4.78, 5) is 11.5. The van der Waals surface area contributed by atoms with Crippen molar-refractivity contribution in [3.05, 3.63) is 17.5 Å². The molecule has 0 aliphatic heterocycles. The van der Waals surface area contributed by atoms with Gasteiger partial charge in [0, 0.05) is 18.0 Å². The Morgan fingerprint density at radius 1 is 1.79 bits per heavy atom. The first-order chi connectivity index (χ1) is 6.67. The maximum atomic E-state index is 11.5. The van der Waals surface area contributed by atoms with E-state index >= 15 is 0 Å². The molecule has 1 unspecified atom stereocenters. The van der Waals surface area contributed by atoms with E-state index in [1.54, 1.807) is 13.0 Å². The number of halogens is 1. The van der Waals surface area contributed by atoms with Gasteiger partial charge in [0.05, 0.1) is 5.69 Å². The van der Waals surface area contributed by atoms with Crippen LogP contribution in [-0.4, -0.2) is 23.0 Å². The van der Waals surface area contributed by atoms with Gasteiger partial charge in [0.1, 0.15) is 0 Å². The van der Waals surface area contributed by atoms with Crippen molar-refractivity contribution in [3.63, 3.8) is 0 Å². The van der Waals surface area contributed by atoms with Crippen LogP contribution in [0.3, 0.4) is 0 Å². The van der Waals surface area contributed by atoms with Gasteiger partial charge in [0.2, 0.25) is 5.76 Å². The highest BCUT2D eigenvalue weighted by Gasteiger charge is 2.14. The topological polar surface area (TPSA) is 55.1 Å². The Labute approximate surface area is 87.6 Å². The summed E-state index contributed by atoms with van der Waals surface area (Å²) in [7, 11) is 0. The van der Waals surface area contributed by atoms with Crippen molar-refractivity contribution in [1.82, 2.24) is 10.5 Å². The highest BCUT2D eigenvalue weighted by Crippen LogP contribution is 2.03. The molecule has 5 heteroatoms. The fourth-order valence-electron chi connectivity index (χ4n) is 0.977. The van der Waals surface area contributed by atoms with Gasteiger partial charge in [0.15, 0.2) is 0 Å². The predicted octanol–water partition coefficient (Wildman–Crippen LogP) is 1.73. The number of hydrogen-bond acceptors (Lipinski definition) is 3. The van der Waals surface area contributed by atoms with Crippen LogP contribution in [0, 0.1) is 6.92 Å². The molecule has 14 heavy (non-hydrogen) atoms. The fourth-order valence-corrected chi connectivity index (χ4v) is 1.27. The summed E-state index contributed by atoms with van der Waals surface area (Å²) in [5, 5.41) is 6.37. The van der Waals surface area contributed by atoms with E-state index in [1.807, 2.05) is 6.92 Å². The van der Waals surface area contributed by atoms with E-state index in [1.165, 1.54) is 0 Å². The summed E-state index contributed by atoms with van der Waals surface area (Å²) in [5.41, 5.74) is 0.689. The Bertz CT molecular complexity index is 308. The number of alkyl halides is 1. The van der Waals surface area contributed by atoms with Crippen molar-refractivity contribution >= 4 is 17.5 Å². The summed E-state index contributed by atoms with van der Waals surface area (Å²) in [6.07, 6.45) is 0.794. The van der Waals surface area contributed by atoms with Crippen molar-refractivity contribution < 1.29 is 9.32 Å². The van der Waals surface area contributed by atoms with Crippen LogP contribution in [0.4, 0.5) is 0 Å². The first-order valence-corrected chi connectivity index (χ1v) is 5.01. The molecule has 0 aliphatic rings. The van der Waals surface area contributed by atoms with Crippen molar-refractivity contribution in [3.8, 4) is 0 Å². The molecule has 0 bridgehead atoms. The monoisotopic (exact) mass is 216 g/mol. The van der Waals surface area contributed by atoms with E-state index in [-0.39, 0.29) is 17.7 Å². The van der Waals surface area contributed by atoms with Gasteiger partial charge in [-0.3, -0.25) is 4.79 Å². The third-order valence-corrected chi connectivity index (χ3v) is 2.24. The normalized spacial score (nSPS) is 12.5. The summed E-state index contributed by atoms with van der Waals surface area (Å²) < 4.78 is 4.81. The average Bonchev–Trinajstić information content (AvgIpc) is 2.61. The third-order valence-electron chi connectivity index (χ3n) is 1.87. The van der Waals surface area contributed by atoms with Crippen LogP contribution in [0.25, 0.3) is 0 Å². The highest BCUT2D eigenvalue weighted by atomic mass is 35.5. The van der Waals surface area contributed by atoms with E-state index in [0.29, 0.717) is 11.6 Å². The quantitative estimate of drug-likeness (QED) is 0.780. The van der Waals surface area contributed by atoms with Gasteiger partial charge in [0.25, 0.3) is 5.91 Å². The number of hydrogen-bond donors (Lipinski definition) is 1. The lowest BCUT2D eigenvalue weighted by atomic mass is 10.2. The first-order valence-electron chi connectivity index (χ1n) is 4.47. The zero-order valence-electron chi connectivity index (χ0n) is 8.21. The Morgan fingerprint density at radius 3 is 2.93 bits per heavy atom. The minimum atomic E-state index is -0.266. The molecular formula is C9H13ClN2O2. The number of carbonyl (C=O) groups is 1. The predicted molar refractivity (Wildman–Crippen MR) is 53.5 cm³/mol. The Kier molecular flexibility index (Phi) is 3.95. The molecule has 1 aromatic heterocycles. The Morgan fingerprint density at radius 2 is 2.50 bits per heavy atom. The van der Waals surface area contributed by atoms with E-state index in [0.717, 1.165) is 6.42 Å². The molecule has 0 aromatic carbocycles. The maximum Gasteiger partial charge on any atom is 0.290 e. The van der Waals surface area contributed by atoms with Crippen LogP contribution in [0.2, 0.25) is 0 Å². The molecule has 1 N–H and O–H groups in total. The van der Waals surface area contributed by atoms with E-state index in [4.69, 9.17) is 16.1 Å². The summed E-state index contributed by atoms with van der Waals surface area (Å²) in [5.74, 6) is 0.360. The average molecular weight is 217 g/mol. The van der Waals surface area contributed by atoms with E-state index in [2.05, 4.69) is 10.5 Å². The number of aromatic nitrogens is 1. The van der Waals surface area contributed by atoms with Crippen LogP contribution in [0.5, 0.6) is 0 Å². The second-order valence-corrected chi connectivity index (χ2v) is 3.37. The molecule has 1 rings (SSSR count). The van der Waals surface area contributed by atoms with Gasteiger partial charge in [-0.05, 0) is 13.3 Å². The number of amides is 1. The SMILES string of the molecule is CCC(CCl)NC(=O)c1cc(C)no1. The third kappa shape index (κ3) is 2.73. The molecule has 0 aliphatic carbocycles. The molecule has 1 atom stereocenters. The van der Waals surface area contributed by atoms with Gasteiger partial charge < -0.3 is 9.84 Å². The first kappa shape index (κ1) is 11.0. The second kappa shape index (κ2) is 5.00. The van der Waals surface area contributed by atoms with Gasteiger partial charge in [-0.15, -0.1) is 11.6 Å². The summed E-state index contributed by atoms with van der Waals surface area (Å²) in [6.45, 7) is 3.72. The lowest BCUT2D eigenvalue weighted by molar-refractivity contribution is 0.0902. The number of carbonyl (C=O) groups excluding carboxylic acids is 1. The van der Waals surface area contributed by atoms with Crippen molar-refractivity contribution in [2.45, 2.75) is 26.3 Å². The van der Waals surface area contributed by atoms with Crippen LogP contribution < -0.4 is 5.32 Å². The summed E-state index contributed by atoms with van der Waals surface area (Å²) >= 11 is 5.64. The lowest BCUT2D eigenvalue weighted by Gasteiger charge is -2.11. The number of nitrogens with zero attached hydrogens (tertiary/aromatic N) is 1. The molecule has 1 heterocycles. The molecular weight excluding hydrogens is 204 g/mol. The van der Waals surface area contributed by atoms with Crippen molar-refractivity contribution in [2.24, 2.45) is 0 Å². The van der Waals surface area contributed by atoms with Gasteiger partial charge in [-0.1, -0.05) is 12.1 Å². The minimum Gasteiger partial charge on any atom is -0.351 e. The zero-order chi connectivity index (χ0) is 10.6. The van der Waals surface area contributed by atoms with Gasteiger partial charge in [-0.25, -0.2) is 0 Å². The molecule has 0 spiro atoms. The van der Waals surface area contributed by atoms with E-state index < -0.39 is 0 Å². The van der Waals surface area contributed by atoms with Crippen LogP contribution in [0.15, 0.2) is 10.6 Å². The van der Waals surface area contributed by atoms with E-state index in [9.17, 15) is 4.79 Å². The molecule has 0 saturated heterocycles. The second-order valence-electron chi connectivity index (χ2n) is 3.07. The minimum absolute atomic E-state index is 0.0189. The molecule has 4 nitrogen and oxygen atoms in total. The fraction of sp³-hybridized carbons (Fsp3) is 0.556. The standard InChI is InChI=1S/C9H13ClN2O2/c1-3-7(5-10)11-9(13)8-4-6(2)12-14-8/h4,7H,3,5H2,1-2H3,(H,11,13). The molecule has 1 amide bonds. The molecule has 78 valence electrons. The zero-order valence-corrected chi connectivity index (χ0v) is 8.97. The molecule has 0 fully saturated rings. The van der Waals surface area contributed by atoms with Crippen molar-refractivity contribution in [2.75, 3.05) is 5.88 Å². The number of nitrogens with one attached hydrogen (secondary N) is 1. The molecule has 0 radical (unpaired) electrons. The Hall–Kier alpha value is -1.03. The highest BCUT2D eigenvalue weighted by molar-refractivity contribution is 6.18. The lowest BCUT2D eigenvalue weighted by Crippen LogP contribution is -2.35. The largest absolute Gasteiger partial charge is 0.351 e.